The van der Waals surface area contributed by atoms with Crippen LogP contribution in [0.1, 0.15) is 31.4 Å². The molecule has 106 valence electrons. The van der Waals surface area contributed by atoms with E-state index in [-0.39, 0.29) is 5.82 Å². The van der Waals surface area contributed by atoms with Gasteiger partial charge in [0, 0.05) is 0 Å². The minimum Gasteiger partial charge on any atom is -0.494 e. The van der Waals surface area contributed by atoms with Crippen LogP contribution in [0.5, 0.6) is 5.75 Å². The van der Waals surface area contributed by atoms with Crippen molar-refractivity contribution in [3.63, 3.8) is 0 Å². The van der Waals surface area contributed by atoms with Gasteiger partial charge in [-0.3, -0.25) is 0 Å². The standard InChI is InChI=1S/C17H19FO2/c1-3-12-20-16-10-6-14(7-11-16)17(2,19)13-4-8-15(18)9-5-13/h4-11,19H,3,12H2,1-2H3. The lowest BCUT2D eigenvalue weighted by Crippen LogP contribution is -2.22. The molecule has 0 bridgehead atoms. The highest BCUT2D eigenvalue weighted by molar-refractivity contribution is 5.38. The van der Waals surface area contributed by atoms with Gasteiger partial charge in [-0.05, 0) is 48.7 Å². The summed E-state index contributed by atoms with van der Waals surface area (Å²) in [5.74, 6) is 0.471. The van der Waals surface area contributed by atoms with E-state index < -0.39 is 5.60 Å². The molecule has 0 heterocycles. The molecule has 1 N–H and O–H groups in total. The molecule has 2 nitrogen and oxygen atoms in total. The number of hydrogen-bond donors (Lipinski definition) is 1. The molecule has 0 saturated carbocycles. The monoisotopic (exact) mass is 274 g/mol. The zero-order chi connectivity index (χ0) is 14.6. The van der Waals surface area contributed by atoms with Gasteiger partial charge < -0.3 is 9.84 Å². The van der Waals surface area contributed by atoms with Gasteiger partial charge in [-0.2, -0.15) is 0 Å². The van der Waals surface area contributed by atoms with E-state index in [0.717, 1.165) is 17.7 Å². The molecule has 1 unspecified atom stereocenters. The third-order valence-electron chi connectivity index (χ3n) is 3.30. The largest absolute Gasteiger partial charge is 0.494 e. The van der Waals surface area contributed by atoms with Gasteiger partial charge in [0.05, 0.1) is 6.61 Å². The molecule has 20 heavy (non-hydrogen) atoms. The Morgan fingerprint density at radius 3 is 2.00 bits per heavy atom. The van der Waals surface area contributed by atoms with Crippen molar-refractivity contribution in [2.45, 2.75) is 25.9 Å². The molecule has 1 atom stereocenters. The van der Waals surface area contributed by atoms with Crippen LogP contribution in [0.15, 0.2) is 48.5 Å². The summed E-state index contributed by atoms with van der Waals surface area (Å²) in [5.41, 5.74) is 0.242. The maximum atomic E-state index is 13.0. The third kappa shape index (κ3) is 3.17. The first kappa shape index (κ1) is 14.5. The number of halogens is 1. The SMILES string of the molecule is CCCOc1ccc(C(C)(O)c2ccc(F)cc2)cc1. The summed E-state index contributed by atoms with van der Waals surface area (Å²) in [6.45, 7) is 4.42. The van der Waals surface area contributed by atoms with Crippen LogP contribution in [0.25, 0.3) is 0 Å². The van der Waals surface area contributed by atoms with Crippen molar-refractivity contribution in [2.24, 2.45) is 0 Å². The van der Waals surface area contributed by atoms with E-state index in [4.69, 9.17) is 4.74 Å². The van der Waals surface area contributed by atoms with Crippen molar-refractivity contribution in [3.05, 3.63) is 65.5 Å². The van der Waals surface area contributed by atoms with Gasteiger partial charge >= 0.3 is 0 Å². The number of ether oxygens (including phenoxy) is 1. The van der Waals surface area contributed by atoms with Crippen molar-refractivity contribution in [1.29, 1.82) is 0 Å². The Hall–Kier alpha value is -1.87. The predicted octanol–water partition coefficient (Wildman–Crippen LogP) is 3.87. The smallest absolute Gasteiger partial charge is 0.123 e. The van der Waals surface area contributed by atoms with Crippen LogP contribution in [-0.4, -0.2) is 11.7 Å². The molecule has 2 aromatic carbocycles. The van der Waals surface area contributed by atoms with Gasteiger partial charge in [0.15, 0.2) is 0 Å². The molecule has 3 heteroatoms. The van der Waals surface area contributed by atoms with Crippen LogP contribution < -0.4 is 4.74 Å². The number of benzene rings is 2. The summed E-state index contributed by atoms with van der Waals surface area (Å²) in [6.07, 6.45) is 0.953. The minimum absolute atomic E-state index is 0.312. The molecule has 0 aliphatic heterocycles. The van der Waals surface area contributed by atoms with E-state index in [2.05, 4.69) is 0 Å². The zero-order valence-electron chi connectivity index (χ0n) is 11.8. The Morgan fingerprint density at radius 2 is 1.50 bits per heavy atom. The van der Waals surface area contributed by atoms with Crippen molar-refractivity contribution in [1.82, 2.24) is 0 Å². The van der Waals surface area contributed by atoms with Crippen molar-refractivity contribution >= 4 is 0 Å². The summed E-state index contributed by atoms with van der Waals surface area (Å²) in [7, 11) is 0. The average Bonchev–Trinajstić information content (AvgIpc) is 2.46. The second-order valence-corrected chi connectivity index (χ2v) is 4.95. The van der Waals surface area contributed by atoms with Crippen LogP contribution in [0.4, 0.5) is 4.39 Å². The quantitative estimate of drug-likeness (QED) is 0.896. The molecule has 2 rings (SSSR count). The molecule has 0 aliphatic carbocycles. The first-order valence-electron chi connectivity index (χ1n) is 6.76. The maximum absolute atomic E-state index is 13.0. The van der Waals surface area contributed by atoms with Crippen LogP contribution >= 0.6 is 0 Å². The molecular weight excluding hydrogens is 255 g/mol. The van der Waals surface area contributed by atoms with E-state index in [1.807, 2.05) is 31.2 Å². The number of rotatable bonds is 5. The molecule has 0 radical (unpaired) electrons. The van der Waals surface area contributed by atoms with Crippen LogP contribution in [0.3, 0.4) is 0 Å². The van der Waals surface area contributed by atoms with Gasteiger partial charge in [0.1, 0.15) is 17.2 Å². The van der Waals surface area contributed by atoms with E-state index in [9.17, 15) is 9.50 Å². The van der Waals surface area contributed by atoms with Gasteiger partial charge in [0.2, 0.25) is 0 Å². The second kappa shape index (κ2) is 6.06. The summed E-state index contributed by atoms with van der Waals surface area (Å²) in [4.78, 5) is 0. The summed E-state index contributed by atoms with van der Waals surface area (Å²) in [5, 5.41) is 10.7. The van der Waals surface area contributed by atoms with Crippen molar-refractivity contribution in [3.8, 4) is 5.75 Å². The Kier molecular flexibility index (Phi) is 4.40. The van der Waals surface area contributed by atoms with E-state index in [1.54, 1.807) is 19.1 Å². The highest BCUT2D eigenvalue weighted by atomic mass is 19.1. The number of aliphatic hydroxyl groups is 1. The molecule has 2 aromatic rings. The van der Waals surface area contributed by atoms with Crippen LogP contribution in [0, 0.1) is 5.82 Å². The fourth-order valence-electron chi connectivity index (χ4n) is 2.04. The fraction of sp³-hybridized carbons (Fsp3) is 0.294. The lowest BCUT2D eigenvalue weighted by Gasteiger charge is -2.24. The molecule has 0 amide bonds. The first-order chi connectivity index (χ1) is 9.54. The highest BCUT2D eigenvalue weighted by Crippen LogP contribution is 2.30. The lowest BCUT2D eigenvalue weighted by atomic mass is 9.88. The Balaban J connectivity index is 2.22. The van der Waals surface area contributed by atoms with Crippen molar-refractivity contribution in [2.75, 3.05) is 6.61 Å². The molecule has 0 aliphatic rings. The Labute approximate surface area is 118 Å². The summed E-state index contributed by atoms with van der Waals surface area (Å²) in [6, 6.07) is 13.2. The van der Waals surface area contributed by atoms with Gasteiger partial charge in [0.25, 0.3) is 0 Å². The second-order valence-electron chi connectivity index (χ2n) is 4.95. The molecule has 0 fully saturated rings. The van der Waals surface area contributed by atoms with Crippen molar-refractivity contribution < 1.29 is 14.2 Å². The molecular formula is C17H19FO2. The van der Waals surface area contributed by atoms with Gasteiger partial charge in [-0.25, -0.2) is 4.39 Å². The summed E-state index contributed by atoms with van der Waals surface area (Å²) < 4.78 is 18.5. The molecule has 0 aromatic heterocycles. The third-order valence-corrected chi connectivity index (χ3v) is 3.30. The predicted molar refractivity (Wildman–Crippen MR) is 77.3 cm³/mol. The van der Waals surface area contributed by atoms with E-state index in [1.165, 1.54) is 12.1 Å². The summed E-state index contributed by atoms with van der Waals surface area (Å²) >= 11 is 0. The molecule has 0 saturated heterocycles. The van der Waals surface area contributed by atoms with Crippen LogP contribution in [0.2, 0.25) is 0 Å². The van der Waals surface area contributed by atoms with Gasteiger partial charge in [-0.15, -0.1) is 0 Å². The first-order valence-corrected chi connectivity index (χ1v) is 6.76. The maximum Gasteiger partial charge on any atom is 0.123 e. The zero-order valence-corrected chi connectivity index (χ0v) is 11.8. The van der Waals surface area contributed by atoms with E-state index >= 15 is 0 Å². The highest BCUT2D eigenvalue weighted by Gasteiger charge is 2.25. The average molecular weight is 274 g/mol. The van der Waals surface area contributed by atoms with Crippen LogP contribution in [-0.2, 0) is 5.60 Å². The lowest BCUT2D eigenvalue weighted by molar-refractivity contribution is 0.102. The normalized spacial score (nSPS) is 13.8. The number of hydrogen-bond acceptors (Lipinski definition) is 2. The fourth-order valence-corrected chi connectivity index (χ4v) is 2.04. The molecule has 0 spiro atoms. The minimum atomic E-state index is -1.16. The Bertz CT molecular complexity index is 544. The topological polar surface area (TPSA) is 29.5 Å². The van der Waals surface area contributed by atoms with E-state index in [0.29, 0.717) is 12.2 Å². The van der Waals surface area contributed by atoms with Gasteiger partial charge in [-0.1, -0.05) is 31.2 Å². The Morgan fingerprint density at radius 1 is 1.00 bits per heavy atom.